The van der Waals surface area contributed by atoms with Crippen molar-refractivity contribution in [2.45, 2.75) is 37.8 Å². The summed E-state index contributed by atoms with van der Waals surface area (Å²) in [6.07, 6.45) is 4.80. The number of nitrogens with two attached hydrogens (primary N) is 2. The third kappa shape index (κ3) is 9.90. The van der Waals surface area contributed by atoms with Crippen LogP contribution in [-0.4, -0.2) is 12.1 Å². The van der Waals surface area contributed by atoms with E-state index in [-0.39, 0.29) is 19.5 Å². The number of rotatable bonds is 0. The molecule has 0 spiro atoms. The molecule has 1 aliphatic carbocycles. The van der Waals surface area contributed by atoms with E-state index in [0.29, 0.717) is 0 Å². The van der Waals surface area contributed by atoms with Crippen LogP contribution in [0, 0.1) is 7.43 Å². The van der Waals surface area contributed by atoms with Crippen molar-refractivity contribution in [2.75, 3.05) is 0 Å². The van der Waals surface area contributed by atoms with Crippen molar-refractivity contribution < 1.29 is 27.0 Å². The molecule has 0 aromatic rings. The fourth-order valence-corrected chi connectivity index (χ4v) is 1.19. The topological polar surface area (TPSA) is 103 Å². The molecule has 0 unspecified atom stereocenters. The standard InChI is InChI=1S/C6H14N2.CH3.3O.Re/c7-5-3-1-2-4-6(5)8;;;;;/h5-6H,1-4,7-8H2;1H3;;;;/q;-1;;;;/t5-,6-;;;;;/m0...../s1. The maximum absolute atomic E-state index is 8.60. The molecule has 6 heteroatoms. The van der Waals surface area contributed by atoms with Crippen molar-refractivity contribution in [1.82, 2.24) is 0 Å². The van der Waals surface area contributed by atoms with Gasteiger partial charge in [0.15, 0.2) is 0 Å². The van der Waals surface area contributed by atoms with E-state index in [0.717, 1.165) is 12.8 Å². The van der Waals surface area contributed by atoms with E-state index >= 15 is 0 Å². The molecule has 0 amide bonds. The molecule has 0 bridgehead atoms. The number of hydrogen-bond acceptors (Lipinski definition) is 5. The Morgan fingerprint density at radius 3 is 1.31 bits per heavy atom. The van der Waals surface area contributed by atoms with Gasteiger partial charge in [0.25, 0.3) is 0 Å². The van der Waals surface area contributed by atoms with E-state index in [1.165, 1.54) is 12.8 Å². The second kappa shape index (κ2) is 8.57. The minimum absolute atomic E-state index is 0. The summed E-state index contributed by atoms with van der Waals surface area (Å²) in [5.74, 6) is 0. The predicted octanol–water partition coefficient (Wildman–Crippen LogP) is 0.306. The monoisotopic (exact) mass is 364 g/mol. The molecular weight excluding hydrogens is 346 g/mol. The van der Waals surface area contributed by atoms with Crippen LogP contribution in [0.25, 0.3) is 0 Å². The van der Waals surface area contributed by atoms with Crippen molar-refractivity contribution in [3.8, 4) is 0 Å². The van der Waals surface area contributed by atoms with Gasteiger partial charge in [-0.15, -0.1) is 0 Å². The zero-order valence-electron chi connectivity index (χ0n) is 7.74. The molecule has 2 atom stereocenters. The van der Waals surface area contributed by atoms with Gasteiger partial charge < -0.3 is 18.9 Å². The van der Waals surface area contributed by atoms with Crippen molar-refractivity contribution in [3.05, 3.63) is 7.43 Å². The van der Waals surface area contributed by atoms with E-state index in [9.17, 15) is 0 Å². The van der Waals surface area contributed by atoms with Crippen LogP contribution in [0.1, 0.15) is 25.7 Å². The Morgan fingerprint density at radius 1 is 0.923 bits per heavy atom. The predicted molar refractivity (Wildman–Crippen MR) is 42.9 cm³/mol. The zero-order chi connectivity index (χ0) is 9.56. The second-order valence-electron chi connectivity index (χ2n) is 2.80. The molecule has 13 heavy (non-hydrogen) atoms. The van der Waals surface area contributed by atoms with Crippen molar-refractivity contribution >= 4 is 0 Å². The number of hydrogen-bond donors (Lipinski definition) is 2. The van der Waals surface area contributed by atoms with E-state index in [1.54, 1.807) is 0 Å². The van der Waals surface area contributed by atoms with Crippen LogP contribution in [0.2, 0.25) is 0 Å². The molecule has 5 nitrogen and oxygen atoms in total. The normalized spacial score (nSPS) is 26.3. The first kappa shape index (κ1) is 15.5. The summed E-state index contributed by atoms with van der Waals surface area (Å²) in [7, 11) is 0. The van der Waals surface area contributed by atoms with Crippen LogP contribution in [0.5, 0.6) is 0 Å². The Balaban J connectivity index is 0. The molecule has 1 aliphatic rings. The molecule has 0 saturated heterocycles. The van der Waals surface area contributed by atoms with Gasteiger partial charge in [0.1, 0.15) is 0 Å². The molecule has 0 aliphatic heterocycles. The average Bonchev–Trinajstić information content (AvgIpc) is 1.94. The van der Waals surface area contributed by atoms with Gasteiger partial charge in [-0.25, -0.2) is 0 Å². The Bertz CT molecular complexity index is 196. The molecule has 81 valence electrons. The van der Waals surface area contributed by atoms with Crippen LogP contribution in [-0.2, 0) is 27.0 Å². The molecule has 4 N–H and O–H groups in total. The molecule has 0 aromatic heterocycles. The maximum atomic E-state index is 8.60. The van der Waals surface area contributed by atoms with E-state index in [2.05, 4.69) is 0 Å². The van der Waals surface area contributed by atoms with Gasteiger partial charge in [-0.05, 0) is 12.8 Å². The van der Waals surface area contributed by atoms with Gasteiger partial charge in [-0.2, -0.15) is 0 Å². The van der Waals surface area contributed by atoms with Gasteiger partial charge in [0.05, 0.1) is 0 Å². The van der Waals surface area contributed by atoms with Gasteiger partial charge >= 0.3 is 27.0 Å². The molecule has 1 rings (SSSR count). The Morgan fingerprint density at radius 2 is 1.15 bits per heavy atom. The SMILES string of the molecule is N[C@H]1CCCC[C@@H]1N.[CH3-].[O]=[Re](=[O])=[O]. The van der Waals surface area contributed by atoms with Gasteiger partial charge in [-0.3, -0.25) is 0 Å². The minimum atomic E-state index is -4.21. The molecule has 0 heterocycles. The van der Waals surface area contributed by atoms with Crippen LogP contribution >= 0.6 is 0 Å². The van der Waals surface area contributed by atoms with Gasteiger partial charge in [0, 0.05) is 12.1 Å². The molecule has 0 radical (unpaired) electrons. The van der Waals surface area contributed by atoms with Crippen LogP contribution in [0.3, 0.4) is 0 Å². The summed E-state index contributed by atoms with van der Waals surface area (Å²) in [6.45, 7) is 0. The second-order valence-corrected chi connectivity index (χ2v) is 4.16. The van der Waals surface area contributed by atoms with E-state index in [4.69, 9.17) is 21.9 Å². The third-order valence-corrected chi connectivity index (χ3v) is 1.87. The Kier molecular flexibility index (Phi) is 10.2. The summed E-state index contributed by atoms with van der Waals surface area (Å²) in [5, 5.41) is 0. The Hall–Kier alpha value is -0.0177. The van der Waals surface area contributed by atoms with E-state index < -0.39 is 16.6 Å². The Labute approximate surface area is 84.0 Å². The summed E-state index contributed by atoms with van der Waals surface area (Å²) in [5.41, 5.74) is 11.3. The molecule has 0 aromatic carbocycles. The first-order valence-corrected chi connectivity index (χ1v) is 7.11. The quantitative estimate of drug-likeness (QED) is 0.603. The zero-order valence-corrected chi connectivity index (χ0v) is 10.5. The fourth-order valence-electron chi connectivity index (χ4n) is 1.19. The van der Waals surface area contributed by atoms with Crippen LogP contribution in [0.15, 0.2) is 0 Å². The first-order chi connectivity index (χ1) is 5.54. The molecular formula is C7H17N2O3Re-. The first-order valence-electron chi connectivity index (χ1n) is 3.78. The van der Waals surface area contributed by atoms with Crippen LogP contribution in [0.4, 0.5) is 0 Å². The third-order valence-electron chi connectivity index (χ3n) is 1.87. The van der Waals surface area contributed by atoms with Crippen molar-refractivity contribution in [3.63, 3.8) is 0 Å². The van der Waals surface area contributed by atoms with E-state index in [1.807, 2.05) is 0 Å². The summed E-state index contributed by atoms with van der Waals surface area (Å²) in [4.78, 5) is 0. The fraction of sp³-hybridized carbons (Fsp3) is 0.857. The van der Waals surface area contributed by atoms with Crippen molar-refractivity contribution in [2.24, 2.45) is 11.5 Å². The van der Waals surface area contributed by atoms with Gasteiger partial charge in [0.2, 0.25) is 0 Å². The summed E-state index contributed by atoms with van der Waals surface area (Å²) < 4.78 is 25.8. The summed E-state index contributed by atoms with van der Waals surface area (Å²) in [6, 6.07) is 0.562. The van der Waals surface area contributed by atoms with Crippen molar-refractivity contribution in [1.29, 1.82) is 0 Å². The van der Waals surface area contributed by atoms with Crippen LogP contribution < -0.4 is 11.5 Å². The average molecular weight is 363 g/mol. The molecule has 1 saturated carbocycles. The van der Waals surface area contributed by atoms with Gasteiger partial charge in [-0.1, -0.05) is 12.8 Å². The summed E-state index contributed by atoms with van der Waals surface area (Å²) >= 11 is -4.21. The molecule has 1 fully saturated rings.